The number of piperidine rings is 1. The molecule has 29 heavy (non-hydrogen) atoms. The molecule has 1 N–H and O–H groups in total. The largest absolute Gasteiger partial charge is 0.356 e. The number of nitrogens with zero attached hydrogens (tertiary/aromatic N) is 1. The highest BCUT2D eigenvalue weighted by Crippen LogP contribution is 2.39. The third-order valence-electron chi connectivity index (χ3n) is 6.12. The van der Waals surface area contributed by atoms with Gasteiger partial charge in [-0.2, -0.15) is 0 Å². The van der Waals surface area contributed by atoms with E-state index in [0.717, 1.165) is 29.8 Å². The topological polar surface area (TPSA) is 49.4 Å². The molecule has 1 heterocycles. The van der Waals surface area contributed by atoms with Crippen LogP contribution in [0.25, 0.3) is 0 Å². The summed E-state index contributed by atoms with van der Waals surface area (Å²) in [6, 6.07) is 14.3. The van der Waals surface area contributed by atoms with Gasteiger partial charge >= 0.3 is 0 Å². The van der Waals surface area contributed by atoms with Crippen LogP contribution in [0.5, 0.6) is 0 Å². The standard InChI is InChI=1S/C23H25FN2O2S/c1-26(19-10-16-12-22(27)25-13-17(16)11-19)23(28)20-4-2-3-5-21(20)29-14-15-6-8-18(24)9-7-15/h2-9,16-17,19H,10-14H2,1H3,(H,25,27)/t16-,17+,19-/m1/s1. The van der Waals surface area contributed by atoms with Gasteiger partial charge in [-0.15, -0.1) is 11.8 Å². The second-order valence-corrected chi connectivity index (χ2v) is 9.00. The minimum absolute atomic E-state index is 0.0233. The van der Waals surface area contributed by atoms with E-state index in [1.54, 1.807) is 23.9 Å². The van der Waals surface area contributed by atoms with E-state index in [4.69, 9.17) is 0 Å². The summed E-state index contributed by atoms with van der Waals surface area (Å²) in [5.41, 5.74) is 1.72. The highest BCUT2D eigenvalue weighted by Gasteiger charge is 2.40. The molecule has 0 unspecified atom stereocenters. The fraction of sp³-hybridized carbons (Fsp3) is 0.391. The van der Waals surface area contributed by atoms with Crippen molar-refractivity contribution in [3.8, 4) is 0 Å². The average Bonchev–Trinajstić information content (AvgIpc) is 3.15. The van der Waals surface area contributed by atoms with Gasteiger partial charge in [-0.3, -0.25) is 9.59 Å². The summed E-state index contributed by atoms with van der Waals surface area (Å²) in [6.45, 7) is 0.728. The molecule has 1 saturated carbocycles. The van der Waals surface area contributed by atoms with Crippen LogP contribution >= 0.6 is 11.8 Å². The molecule has 2 amide bonds. The Kier molecular flexibility index (Phi) is 5.90. The van der Waals surface area contributed by atoms with E-state index >= 15 is 0 Å². The summed E-state index contributed by atoms with van der Waals surface area (Å²) in [5, 5.41) is 2.95. The third kappa shape index (κ3) is 4.47. The number of benzene rings is 2. The lowest BCUT2D eigenvalue weighted by atomic mass is 9.89. The highest BCUT2D eigenvalue weighted by molar-refractivity contribution is 7.98. The number of rotatable bonds is 5. The molecule has 6 heteroatoms. The van der Waals surface area contributed by atoms with Gasteiger partial charge in [0.1, 0.15) is 5.82 Å². The van der Waals surface area contributed by atoms with E-state index in [-0.39, 0.29) is 23.7 Å². The van der Waals surface area contributed by atoms with Crippen LogP contribution < -0.4 is 5.32 Å². The van der Waals surface area contributed by atoms with Crippen LogP contribution in [0.15, 0.2) is 53.4 Å². The smallest absolute Gasteiger partial charge is 0.254 e. The molecule has 2 aromatic carbocycles. The number of hydrogen-bond donors (Lipinski definition) is 1. The fourth-order valence-corrected chi connectivity index (χ4v) is 5.42. The maximum atomic E-state index is 13.3. The molecular weight excluding hydrogens is 387 g/mol. The van der Waals surface area contributed by atoms with Gasteiger partial charge < -0.3 is 10.2 Å². The van der Waals surface area contributed by atoms with E-state index in [2.05, 4.69) is 5.32 Å². The lowest BCUT2D eigenvalue weighted by Gasteiger charge is -2.25. The summed E-state index contributed by atoms with van der Waals surface area (Å²) in [4.78, 5) is 27.7. The Morgan fingerprint density at radius 2 is 1.86 bits per heavy atom. The SMILES string of the molecule is CN(C(=O)c1ccccc1SCc1ccc(F)cc1)[C@H]1C[C@H]2CNC(=O)C[C@H]2C1. The number of fused-ring (bicyclic) bond motifs is 1. The number of carbonyl (C=O) groups is 2. The van der Waals surface area contributed by atoms with E-state index in [9.17, 15) is 14.0 Å². The molecule has 0 bridgehead atoms. The quantitative estimate of drug-likeness (QED) is 0.752. The van der Waals surface area contributed by atoms with Crippen LogP contribution in [-0.2, 0) is 10.5 Å². The summed E-state index contributed by atoms with van der Waals surface area (Å²) < 4.78 is 13.1. The minimum atomic E-state index is -0.245. The molecular formula is C23H25FN2O2S. The molecule has 4 rings (SSSR count). The number of thioether (sulfide) groups is 1. The Morgan fingerprint density at radius 3 is 2.66 bits per heavy atom. The van der Waals surface area contributed by atoms with Crippen molar-refractivity contribution < 1.29 is 14.0 Å². The van der Waals surface area contributed by atoms with E-state index in [1.165, 1.54) is 12.1 Å². The molecule has 0 aromatic heterocycles. The number of carbonyl (C=O) groups excluding carboxylic acids is 2. The zero-order valence-electron chi connectivity index (χ0n) is 16.4. The molecule has 0 radical (unpaired) electrons. The molecule has 1 aliphatic carbocycles. The zero-order valence-corrected chi connectivity index (χ0v) is 17.3. The van der Waals surface area contributed by atoms with Gasteiger partial charge in [0, 0.05) is 36.7 Å². The number of halogens is 1. The van der Waals surface area contributed by atoms with E-state index in [1.807, 2.05) is 36.2 Å². The zero-order chi connectivity index (χ0) is 20.4. The number of nitrogens with one attached hydrogen (secondary N) is 1. The van der Waals surface area contributed by atoms with Gasteiger partial charge in [0.2, 0.25) is 5.91 Å². The highest BCUT2D eigenvalue weighted by atomic mass is 32.2. The van der Waals surface area contributed by atoms with Gasteiger partial charge in [0.15, 0.2) is 0 Å². The molecule has 1 saturated heterocycles. The maximum absolute atomic E-state index is 13.3. The Morgan fingerprint density at radius 1 is 1.14 bits per heavy atom. The molecule has 3 atom stereocenters. The summed E-state index contributed by atoms with van der Waals surface area (Å²) >= 11 is 1.59. The first-order valence-electron chi connectivity index (χ1n) is 10.0. The summed E-state index contributed by atoms with van der Waals surface area (Å²) in [5.74, 6) is 1.43. The van der Waals surface area contributed by atoms with Crippen molar-refractivity contribution in [2.24, 2.45) is 11.8 Å². The second-order valence-electron chi connectivity index (χ2n) is 7.98. The van der Waals surface area contributed by atoms with Crippen molar-refractivity contribution in [1.29, 1.82) is 0 Å². The molecule has 2 aromatic rings. The van der Waals surface area contributed by atoms with Crippen LogP contribution in [-0.4, -0.2) is 36.3 Å². The molecule has 2 fully saturated rings. The van der Waals surface area contributed by atoms with Crippen molar-refractivity contribution >= 4 is 23.6 Å². The normalized spacial score (nSPS) is 23.4. The second kappa shape index (κ2) is 8.57. The predicted molar refractivity (Wildman–Crippen MR) is 112 cm³/mol. The van der Waals surface area contributed by atoms with Crippen LogP contribution in [0.4, 0.5) is 4.39 Å². The Hall–Kier alpha value is -2.34. The Bertz CT molecular complexity index is 902. The monoisotopic (exact) mass is 412 g/mol. The van der Waals surface area contributed by atoms with Gasteiger partial charge in [-0.05, 0) is 54.5 Å². The minimum Gasteiger partial charge on any atom is -0.356 e. The van der Waals surface area contributed by atoms with Gasteiger partial charge in [-0.1, -0.05) is 24.3 Å². The number of hydrogen-bond acceptors (Lipinski definition) is 3. The lowest BCUT2D eigenvalue weighted by Crippen LogP contribution is -2.38. The van der Waals surface area contributed by atoms with Crippen LogP contribution in [0.1, 0.15) is 35.2 Å². The molecule has 2 aliphatic rings. The van der Waals surface area contributed by atoms with E-state index in [0.29, 0.717) is 29.6 Å². The summed E-state index contributed by atoms with van der Waals surface area (Å²) in [6.07, 6.45) is 2.41. The third-order valence-corrected chi connectivity index (χ3v) is 7.26. The van der Waals surface area contributed by atoms with Crippen molar-refractivity contribution in [2.45, 2.75) is 36.0 Å². The maximum Gasteiger partial charge on any atom is 0.254 e. The van der Waals surface area contributed by atoms with Gasteiger partial charge in [0.05, 0.1) is 5.56 Å². The van der Waals surface area contributed by atoms with Crippen molar-refractivity contribution in [3.05, 3.63) is 65.5 Å². The Balaban J connectivity index is 1.44. The lowest BCUT2D eigenvalue weighted by molar-refractivity contribution is -0.124. The molecule has 0 spiro atoms. The van der Waals surface area contributed by atoms with Gasteiger partial charge in [0.25, 0.3) is 5.91 Å². The number of amides is 2. The van der Waals surface area contributed by atoms with Crippen LogP contribution in [0, 0.1) is 17.7 Å². The summed E-state index contributed by atoms with van der Waals surface area (Å²) in [7, 11) is 1.88. The Labute approximate surface area is 174 Å². The van der Waals surface area contributed by atoms with Crippen LogP contribution in [0.2, 0.25) is 0 Å². The first-order chi connectivity index (χ1) is 14.0. The van der Waals surface area contributed by atoms with Gasteiger partial charge in [-0.25, -0.2) is 4.39 Å². The predicted octanol–water partition coefficient (Wildman–Crippen LogP) is 4.10. The molecule has 4 nitrogen and oxygen atoms in total. The first kappa shape index (κ1) is 20.0. The van der Waals surface area contributed by atoms with Crippen molar-refractivity contribution in [1.82, 2.24) is 10.2 Å². The molecule has 152 valence electrons. The first-order valence-corrected chi connectivity index (χ1v) is 11.0. The fourth-order valence-electron chi connectivity index (χ4n) is 4.42. The molecule has 1 aliphatic heterocycles. The van der Waals surface area contributed by atoms with Crippen molar-refractivity contribution in [3.63, 3.8) is 0 Å². The van der Waals surface area contributed by atoms with Crippen molar-refractivity contribution in [2.75, 3.05) is 13.6 Å². The van der Waals surface area contributed by atoms with Crippen LogP contribution in [0.3, 0.4) is 0 Å². The van der Waals surface area contributed by atoms with E-state index < -0.39 is 0 Å². The average molecular weight is 413 g/mol.